The van der Waals surface area contributed by atoms with Crippen molar-refractivity contribution in [2.75, 3.05) is 11.2 Å². The molecule has 0 aliphatic heterocycles. The number of nitrogens with zero attached hydrogens (tertiary/aromatic N) is 3. The number of hydrogen-bond acceptors (Lipinski definition) is 6. The van der Waals surface area contributed by atoms with Gasteiger partial charge in [0, 0.05) is 10.9 Å². The molecule has 3 N–H and O–H groups in total. The van der Waals surface area contributed by atoms with Gasteiger partial charge in [-0.25, -0.2) is 13.8 Å². The van der Waals surface area contributed by atoms with Crippen LogP contribution < -0.4 is 11.2 Å². The van der Waals surface area contributed by atoms with Gasteiger partial charge in [0.2, 0.25) is 5.13 Å². The number of thiazole rings is 1. The molecular formula is C11H7F2N5S. The fourth-order valence-corrected chi connectivity index (χ4v) is 1.79. The van der Waals surface area contributed by atoms with Crippen molar-refractivity contribution in [2.24, 2.45) is 5.10 Å². The number of aromatic nitrogens is 1. The highest BCUT2D eigenvalue weighted by atomic mass is 32.1. The minimum atomic E-state index is -1.19. The smallest absolute Gasteiger partial charge is 0.205 e. The molecule has 0 fully saturated rings. The van der Waals surface area contributed by atoms with Gasteiger partial charge in [0.1, 0.15) is 11.9 Å². The van der Waals surface area contributed by atoms with Gasteiger partial charge in [-0.3, -0.25) is 5.43 Å². The molecule has 1 aromatic heterocycles. The van der Waals surface area contributed by atoms with Crippen molar-refractivity contribution < 1.29 is 8.78 Å². The van der Waals surface area contributed by atoms with Crippen LogP contribution in [0, 0.1) is 23.0 Å². The van der Waals surface area contributed by atoms with Crippen LogP contribution in [-0.4, -0.2) is 11.2 Å². The Labute approximate surface area is 111 Å². The third kappa shape index (κ3) is 2.83. The molecule has 0 amide bonds. The summed E-state index contributed by atoms with van der Waals surface area (Å²) in [7, 11) is 0. The summed E-state index contributed by atoms with van der Waals surface area (Å²) in [6.45, 7) is 0. The molecule has 8 heteroatoms. The maximum Gasteiger partial charge on any atom is 0.205 e. The van der Waals surface area contributed by atoms with E-state index in [1.54, 1.807) is 11.4 Å². The Morgan fingerprint density at radius 3 is 2.84 bits per heavy atom. The first-order valence-corrected chi connectivity index (χ1v) is 5.88. The van der Waals surface area contributed by atoms with Crippen molar-refractivity contribution in [1.82, 2.24) is 4.98 Å². The van der Waals surface area contributed by atoms with E-state index in [-0.39, 0.29) is 11.1 Å². The third-order valence-electron chi connectivity index (χ3n) is 2.12. The first kappa shape index (κ1) is 12.9. The minimum Gasteiger partial charge on any atom is -0.383 e. The highest BCUT2D eigenvalue weighted by Crippen LogP contribution is 2.17. The highest BCUT2D eigenvalue weighted by molar-refractivity contribution is 7.14. The first-order valence-electron chi connectivity index (χ1n) is 5.00. The summed E-state index contributed by atoms with van der Waals surface area (Å²) in [5.74, 6) is -1.97. The fraction of sp³-hybridized carbons (Fsp3) is 0. The Morgan fingerprint density at radius 1 is 1.42 bits per heavy atom. The van der Waals surface area contributed by atoms with Crippen LogP contribution in [0.3, 0.4) is 0 Å². The van der Waals surface area contributed by atoms with Gasteiger partial charge in [-0.1, -0.05) is 0 Å². The topological polar surface area (TPSA) is 87.1 Å². The zero-order valence-electron chi connectivity index (χ0n) is 9.39. The summed E-state index contributed by atoms with van der Waals surface area (Å²) >= 11 is 1.23. The van der Waals surface area contributed by atoms with E-state index >= 15 is 0 Å². The minimum absolute atomic E-state index is 0.0754. The Balaban J connectivity index is 2.16. The predicted octanol–water partition coefficient (Wildman–Crippen LogP) is 2.32. The van der Waals surface area contributed by atoms with Gasteiger partial charge in [0.05, 0.1) is 11.8 Å². The molecule has 0 unspecified atom stereocenters. The molecule has 5 nitrogen and oxygen atoms in total. The van der Waals surface area contributed by atoms with Crippen LogP contribution in [0.25, 0.3) is 0 Å². The molecule has 1 heterocycles. The lowest BCUT2D eigenvalue weighted by Crippen LogP contribution is -1.98. The Hall–Kier alpha value is -2.53. The lowest BCUT2D eigenvalue weighted by molar-refractivity contribution is 0.505. The van der Waals surface area contributed by atoms with E-state index < -0.39 is 11.6 Å². The Kier molecular flexibility index (Phi) is 3.68. The fourth-order valence-electron chi connectivity index (χ4n) is 1.24. The van der Waals surface area contributed by atoms with Crippen molar-refractivity contribution in [1.29, 1.82) is 5.26 Å². The predicted molar refractivity (Wildman–Crippen MR) is 68.8 cm³/mol. The van der Waals surface area contributed by atoms with Gasteiger partial charge in [0.25, 0.3) is 0 Å². The highest BCUT2D eigenvalue weighted by Gasteiger charge is 2.11. The number of hydrazone groups is 1. The van der Waals surface area contributed by atoms with Crippen molar-refractivity contribution in [2.45, 2.75) is 0 Å². The van der Waals surface area contributed by atoms with Crippen LogP contribution in [0.5, 0.6) is 0 Å². The van der Waals surface area contributed by atoms with Gasteiger partial charge < -0.3 is 5.73 Å². The number of nitrogens with two attached hydrogens (primary N) is 1. The van der Waals surface area contributed by atoms with Gasteiger partial charge in [-0.15, -0.1) is 11.3 Å². The molecular weight excluding hydrogens is 272 g/mol. The zero-order chi connectivity index (χ0) is 13.8. The van der Waals surface area contributed by atoms with Crippen LogP contribution in [0.15, 0.2) is 22.6 Å². The molecule has 1 aromatic carbocycles. The molecule has 0 spiro atoms. The summed E-state index contributed by atoms with van der Waals surface area (Å²) in [5, 5.41) is 14.3. The SMILES string of the molecule is N#Cc1ccc(C=NNc2nc(N)cs2)c(F)c1F. The molecule has 0 saturated heterocycles. The van der Waals surface area contributed by atoms with E-state index in [4.69, 9.17) is 11.0 Å². The second kappa shape index (κ2) is 5.41. The summed E-state index contributed by atoms with van der Waals surface area (Å²) in [6.07, 6.45) is 1.09. The van der Waals surface area contributed by atoms with Crippen LogP contribution in [0.1, 0.15) is 11.1 Å². The van der Waals surface area contributed by atoms with Crippen LogP contribution in [0.2, 0.25) is 0 Å². The van der Waals surface area contributed by atoms with Crippen molar-refractivity contribution in [3.8, 4) is 6.07 Å². The standard InChI is InChI=1S/C11H7F2N5S/c12-9-6(3-14)1-2-7(10(9)13)4-16-18-11-17-8(15)5-19-11/h1-2,4-5H,15H2,(H,17,18). The second-order valence-corrected chi connectivity index (χ2v) is 4.25. The van der Waals surface area contributed by atoms with Crippen LogP contribution in [0.4, 0.5) is 19.7 Å². The number of anilines is 2. The second-order valence-electron chi connectivity index (χ2n) is 3.39. The van der Waals surface area contributed by atoms with E-state index in [1.165, 1.54) is 23.5 Å². The van der Waals surface area contributed by atoms with Gasteiger partial charge in [-0.2, -0.15) is 10.4 Å². The van der Waals surface area contributed by atoms with E-state index in [2.05, 4.69) is 15.5 Å². The molecule has 0 saturated carbocycles. The number of nitrogen functional groups attached to an aromatic ring is 1. The summed E-state index contributed by atoms with van der Waals surface area (Å²) in [4.78, 5) is 3.87. The molecule has 0 radical (unpaired) electrons. The molecule has 0 bridgehead atoms. The van der Waals surface area contributed by atoms with E-state index in [1.807, 2.05) is 0 Å². The summed E-state index contributed by atoms with van der Waals surface area (Å²) in [5.41, 5.74) is 7.51. The summed E-state index contributed by atoms with van der Waals surface area (Å²) < 4.78 is 26.8. The van der Waals surface area contributed by atoms with Crippen LogP contribution in [-0.2, 0) is 0 Å². The molecule has 19 heavy (non-hydrogen) atoms. The number of rotatable bonds is 3. The van der Waals surface area contributed by atoms with Crippen molar-refractivity contribution in [3.63, 3.8) is 0 Å². The lowest BCUT2D eigenvalue weighted by Gasteiger charge is -1.99. The monoisotopic (exact) mass is 279 g/mol. The van der Waals surface area contributed by atoms with Gasteiger partial charge in [0.15, 0.2) is 11.6 Å². The zero-order valence-corrected chi connectivity index (χ0v) is 10.2. The molecule has 96 valence electrons. The Morgan fingerprint density at radius 2 is 2.21 bits per heavy atom. The molecule has 2 aromatic rings. The van der Waals surface area contributed by atoms with Crippen molar-refractivity contribution >= 4 is 28.5 Å². The number of nitrogens with one attached hydrogen (secondary N) is 1. The van der Waals surface area contributed by atoms with Gasteiger partial charge >= 0.3 is 0 Å². The lowest BCUT2D eigenvalue weighted by atomic mass is 10.1. The van der Waals surface area contributed by atoms with E-state index in [0.29, 0.717) is 10.9 Å². The quantitative estimate of drug-likeness (QED) is 0.666. The molecule has 2 rings (SSSR count). The maximum absolute atomic E-state index is 13.5. The molecule has 0 atom stereocenters. The molecule has 0 aliphatic carbocycles. The third-order valence-corrected chi connectivity index (χ3v) is 2.88. The number of halogens is 2. The van der Waals surface area contributed by atoms with E-state index in [0.717, 1.165) is 6.21 Å². The summed E-state index contributed by atoms with van der Waals surface area (Å²) in [6, 6.07) is 3.99. The maximum atomic E-state index is 13.5. The normalized spacial score (nSPS) is 10.6. The molecule has 0 aliphatic rings. The number of nitriles is 1. The number of benzene rings is 1. The first-order chi connectivity index (χ1) is 9.11. The number of hydrogen-bond donors (Lipinski definition) is 2. The average Bonchev–Trinajstić information content (AvgIpc) is 2.81. The van der Waals surface area contributed by atoms with Crippen molar-refractivity contribution in [3.05, 3.63) is 40.3 Å². The van der Waals surface area contributed by atoms with E-state index in [9.17, 15) is 8.78 Å². The Bertz CT molecular complexity index is 674. The van der Waals surface area contributed by atoms with Gasteiger partial charge in [-0.05, 0) is 12.1 Å². The largest absolute Gasteiger partial charge is 0.383 e. The average molecular weight is 279 g/mol. The van der Waals surface area contributed by atoms with Crippen LogP contribution >= 0.6 is 11.3 Å².